The number of carbonyl (C=O) groups is 1. The Hall–Kier alpha value is -2.73. The van der Waals surface area contributed by atoms with Crippen molar-refractivity contribution in [3.05, 3.63) is 70.5 Å². The Bertz CT molecular complexity index is 1030. The van der Waals surface area contributed by atoms with E-state index < -0.39 is 0 Å². The molecule has 166 valence electrons. The number of nitrogens with two attached hydrogens (primary N) is 1. The maximum atomic E-state index is 13.4. The molecule has 1 aliphatic rings. The second-order valence-electron chi connectivity index (χ2n) is 7.94. The van der Waals surface area contributed by atoms with E-state index in [1.807, 2.05) is 41.5 Å². The van der Waals surface area contributed by atoms with Crippen LogP contribution in [0.5, 0.6) is 0 Å². The molecule has 0 spiro atoms. The Morgan fingerprint density at radius 3 is 2.87 bits per heavy atom. The molecule has 1 atom stereocenters. The number of likely N-dealkylation sites (tertiary alicyclic amines) is 1. The maximum Gasteiger partial charge on any atom is 0.257 e. The number of hydrogen-bond donors (Lipinski definition) is 1. The Kier molecular flexibility index (Phi) is 7.44. The van der Waals surface area contributed by atoms with Crippen molar-refractivity contribution in [3.8, 4) is 0 Å². The first-order valence-electron chi connectivity index (χ1n) is 10.7. The summed E-state index contributed by atoms with van der Waals surface area (Å²) < 4.78 is 7.57. The molecule has 1 fully saturated rings. The number of piperidine rings is 1. The van der Waals surface area contributed by atoms with Gasteiger partial charge in [0, 0.05) is 30.9 Å². The molecule has 2 N–H and O–H groups in total. The van der Waals surface area contributed by atoms with Crippen LogP contribution in [0.25, 0.3) is 5.65 Å². The highest BCUT2D eigenvalue weighted by atomic mass is 35.5. The van der Waals surface area contributed by atoms with E-state index in [1.54, 1.807) is 19.1 Å². The normalized spacial score (nSPS) is 17.8. The zero-order valence-corrected chi connectivity index (χ0v) is 19.3. The predicted molar refractivity (Wildman–Crippen MR) is 125 cm³/mol. The summed E-state index contributed by atoms with van der Waals surface area (Å²) >= 11 is 6.63. The molecule has 2 aromatic heterocycles. The van der Waals surface area contributed by atoms with Gasteiger partial charge in [0.05, 0.1) is 17.9 Å². The predicted octanol–water partition coefficient (Wildman–Crippen LogP) is 4.56. The largest absolute Gasteiger partial charge is 0.493 e. The van der Waals surface area contributed by atoms with E-state index in [0.717, 1.165) is 36.2 Å². The number of ether oxygens (including phenoxy) is 1. The van der Waals surface area contributed by atoms with Gasteiger partial charge in [0.1, 0.15) is 16.6 Å². The number of hydrogen-bond acceptors (Lipinski definition) is 4. The third-order valence-corrected chi connectivity index (χ3v) is 5.92. The lowest BCUT2D eigenvalue weighted by molar-refractivity contribution is -0.130. The number of imidazole rings is 1. The summed E-state index contributed by atoms with van der Waals surface area (Å²) in [6.07, 6.45) is 8.87. The number of allylic oxidation sites excluding steroid dienone is 3. The summed E-state index contributed by atoms with van der Waals surface area (Å²) in [7, 11) is 0. The van der Waals surface area contributed by atoms with E-state index in [9.17, 15) is 4.79 Å². The summed E-state index contributed by atoms with van der Waals surface area (Å²) in [6, 6.07) is 3.98. The molecule has 0 bridgehead atoms. The van der Waals surface area contributed by atoms with Crippen LogP contribution in [0, 0.1) is 6.92 Å². The summed E-state index contributed by atoms with van der Waals surface area (Å²) in [5.74, 6) is 0.326. The molecular formula is C24H31ClN4O2. The minimum absolute atomic E-state index is 0.00961. The number of rotatable bonds is 7. The van der Waals surface area contributed by atoms with Crippen LogP contribution in [0.3, 0.4) is 0 Å². The molecule has 0 unspecified atom stereocenters. The molecule has 31 heavy (non-hydrogen) atoms. The van der Waals surface area contributed by atoms with E-state index in [4.69, 9.17) is 27.1 Å². The molecule has 6 nitrogen and oxygen atoms in total. The Morgan fingerprint density at radius 1 is 1.42 bits per heavy atom. The SMILES string of the molecule is C=C(C(=O)N1CCCC[C@H]1Cc1nc2c(C)cccn2c1Cl)/C(=C\C=C(\C)N)OCC. The number of pyridine rings is 1. The molecule has 0 radical (unpaired) electrons. The zero-order valence-electron chi connectivity index (χ0n) is 18.5. The zero-order chi connectivity index (χ0) is 22.5. The average Bonchev–Trinajstić information content (AvgIpc) is 3.07. The fraction of sp³-hybridized carbons (Fsp3) is 0.417. The van der Waals surface area contributed by atoms with Gasteiger partial charge in [-0.05, 0) is 63.8 Å². The highest BCUT2D eigenvalue weighted by molar-refractivity contribution is 6.30. The Balaban J connectivity index is 1.85. The van der Waals surface area contributed by atoms with Gasteiger partial charge in [-0.3, -0.25) is 9.20 Å². The molecular weight excluding hydrogens is 412 g/mol. The molecule has 3 rings (SSSR count). The van der Waals surface area contributed by atoms with Crippen molar-refractivity contribution in [2.24, 2.45) is 5.73 Å². The second kappa shape index (κ2) is 10.1. The van der Waals surface area contributed by atoms with E-state index in [1.165, 1.54) is 0 Å². The van der Waals surface area contributed by atoms with Crippen LogP contribution < -0.4 is 5.73 Å². The number of fused-ring (bicyclic) bond motifs is 1. The average molecular weight is 443 g/mol. The molecule has 1 amide bonds. The monoisotopic (exact) mass is 442 g/mol. The highest BCUT2D eigenvalue weighted by Gasteiger charge is 2.31. The van der Waals surface area contributed by atoms with Gasteiger partial charge in [-0.15, -0.1) is 0 Å². The van der Waals surface area contributed by atoms with Gasteiger partial charge in [0.2, 0.25) is 0 Å². The quantitative estimate of drug-likeness (QED) is 0.387. The second-order valence-corrected chi connectivity index (χ2v) is 8.30. The van der Waals surface area contributed by atoms with E-state index >= 15 is 0 Å². The Morgan fingerprint density at radius 2 is 2.19 bits per heavy atom. The minimum Gasteiger partial charge on any atom is -0.493 e. The third-order valence-electron chi connectivity index (χ3n) is 5.52. The van der Waals surface area contributed by atoms with E-state index in [-0.39, 0.29) is 11.9 Å². The molecule has 0 aliphatic carbocycles. The Labute approximate surface area is 189 Å². The lowest BCUT2D eigenvalue weighted by atomic mass is 9.97. The van der Waals surface area contributed by atoms with Crippen LogP contribution in [0.1, 0.15) is 44.4 Å². The highest BCUT2D eigenvalue weighted by Crippen LogP contribution is 2.28. The topological polar surface area (TPSA) is 72.9 Å². The standard InChI is InChI=1S/C24H31ClN4O2/c1-5-31-21(12-11-17(3)26)18(4)24(30)28-13-7-6-10-19(28)15-20-22(25)29-14-8-9-16(2)23(29)27-20/h8-9,11-12,14,19H,4-7,10,13,15,26H2,1-3H3/b17-11-,21-12+/t19-/m0/s1. The van der Waals surface area contributed by atoms with Crippen molar-refractivity contribution in [1.29, 1.82) is 0 Å². The molecule has 0 saturated carbocycles. The first-order chi connectivity index (χ1) is 14.8. The molecule has 2 aromatic rings. The van der Waals surface area contributed by atoms with Gasteiger partial charge in [-0.1, -0.05) is 24.2 Å². The number of amides is 1. The van der Waals surface area contributed by atoms with Gasteiger partial charge in [-0.2, -0.15) is 0 Å². The van der Waals surface area contributed by atoms with Crippen molar-refractivity contribution in [2.45, 2.75) is 52.5 Å². The summed E-state index contributed by atoms with van der Waals surface area (Å²) in [5.41, 5.74) is 9.43. The van der Waals surface area contributed by atoms with Crippen LogP contribution in [0.15, 0.2) is 54.1 Å². The molecule has 3 heterocycles. The van der Waals surface area contributed by atoms with E-state index in [2.05, 4.69) is 6.58 Å². The maximum absolute atomic E-state index is 13.4. The van der Waals surface area contributed by atoms with Crippen LogP contribution in [0.2, 0.25) is 5.15 Å². The van der Waals surface area contributed by atoms with E-state index in [0.29, 0.717) is 41.8 Å². The lowest BCUT2D eigenvalue weighted by Gasteiger charge is -2.36. The van der Waals surface area contributed by atoms with Crippen LogP contribution in [-0.4, -0.2) is 39.4 Å². The van der Waals surface area contributed by atoms with Crippen LogP contribution in [-0.2, 0) is 16.0 Å². The van der Waals surface area contributed by atoms with Crippen LogP contribution >= 0.6 is 11.6 Å². The van der Waals surface area contributed by atoms with Crippen molar-refractivity contribution in [3.63, 3.8) is 0 Å². The smallest absolute Gasteiger partial charge is 0.257 e. The summed E-state index contributed by atoms with van der Waals surface area (Å²) in [5, 5.41) is 0.606. The fourth-order valence-corrected chi connectivity index (χ4v) is 4.19. The number of carbonyl (C=O) groups excluding carboxylic acids is 1. The summed E-state index contributed by atoms with van der Waals surface area (Å²) in [6.45, 7) is 10.8. The third kappa shape index (κ3) is 5.13. The van der Waals surface area contributed by atoms with Gasteiger partial charge >= 0.3 is 0 Å². The number of aryl methyl sites for hydroxylation is 1. The van der Waals surface area contributed by atoms with Crippen LogP contribution in [0.4, 0.5) is 0 Å². The molecule has 1 saturated heterocycles. The minimum atomic E-state index is -0.122. The van der Waals surface area contributed by atoms with Gasteiger partial charge in [0.15, 0.2) is 0 Å². The summed E-state index contributed by atoms with van der Waals surface area (Å²) in [4.78, 5) is 20.0. The first-order valence-corrected chi connectivity index (χ1v) is 11.1. The van der Waals surface area contributed by atoms with Crippen molar-refractivity contribution in [2.75, 3.05) is 13.2 Å². The van der Waals surface area contributed by atoms with Gasteiger partial charge in [0.25, 0.3) is 5.91 Å². The molecule has 0 aromatic carbocycles. The number of nitrogens with zero attached hydrogens (tertiary/aromatic N) is 3. The van der Waals surface area contributed by atoms with Crippen molar-refractivity contribution < 1.29 is 9.53 Å². The molecule has 1 aliphatic heterocycles. The van der Waals surface area contributed by atoms with Gasteiger partial charge < -0.3 is 15.4 Å². The number of aromatic nitrogens is 2. The van der Waals surface area contributed by atoms with Crippen molar-refractivity contribution >= 4 is 23.2 Å². The first kappa shape index (κ1) is 22.9. The lowest BCUT2D eigenvalue weighted by Crippen LogP contribution is -2.45. The van der Waals surface area contributed by atoms with Crippen molar-refractivity contribution in [1.82, 2.24) is 14.3 Å². The number of halogens is 1. The molecule has 7 heteroatoms. The fourth-order valence-electron chi connectivity index (χ4n) is 3.93. The van der Waals surface area contributed by atoms with Gasteiger partial charge in [-0.25, -0.2) is 4.98 Å².